The van der Waals surface area contributed by atoms with Crippen molar-refractivity contribution in [1.82, 2.24) is 9.80 Å². The second-order valence-electron chi connectivity index (χ2n) is 7.94. The van der Waals surface area contributed by atoms with Crippen molar-refractivity contribution < 1.29 is 4.39 Å². The van der Waals surface area contributed by atoms with E-state index < -0.39 is 5.67 Å². The van der Waals surface area contributed by atoms with Crippen molar-refractivity contribution in [2.45, 2.75) is 51.5 Å². The van der Waals surface area contributed by atoms with Crippen molar-refractivity contribution in [3.05, 3.63) is 71.8 Å². The van der Waals surface area contributed by atoms with Gasteiger partial charge >= 0.3 is 0 Å². The Balaban J connectivity index is 1.74. The average Bonchev–Trinajstić information content (AvgIpc) is 2.63. The maximum absolute atomic E-state index is 15.8. The summed E-state index contributed by atoms with van der Waals surface area (Å²) in [5, 5.41) is 0. The molecule has 0 spiro atoms. The number of nitrogens with zero attached hydrogens (tertiary/aromatic N) is 2. The summed E-state index contributed by atoms with van der Waals surface area (Å²) in [5.74, 6) is 0. The summed E-state index contributed by atoms with van der Waals surface area (Å²) in [7, 11) is 0. The molecule has 2 nitrogen and oxygen atoms in total. The lowest BCUT2D eigenvalue weighted by atomic mass is 9.92. The van der Waals surface area contributed by atoms with E-state index >= 15 is 4.39 Å². The molecule has 0 saturated carbocycles. The van der Waals surface area contributed by atoms with E-state index in [1.54, 1.807) is 0 Å². The maximum Gasteiger partial charge on any atom is 0.136 e. The predicted octanol–water partition coefficient (Wildman–Crippen LogP) is 4.90. The minimum absolute atomic E-state index is 0.405. The molecule has 2 aromatic rings. The van der Waals surface area contributed by atoms with Crippen LogP contribution >= 0.6 is 0 Å². The predicted molar refractivity (Wildman–Crippen MR) is 107 cm³/mol. The van der Waals surface area contributed by atoms with Crippen LogP contribution in [0, 0.1) is 0 Å². The molecule has 0 aliphatic carbocycles. The van der Waals surface area contributed by atoms with Crippen LogP contribution in [-0.2, 0) is 13.1 Å². The summed E-state index contributed by atoms with van der Waals surface area (Å²) < 4.78 is 15.8. The lowest BCUT2D eigenvalue weighted by Crippen LogP contribution is -2.53. The van der Waals surface area contributed by atoms with Gasteiger partial charge in [0.05, 0.1) is 0 Å². The fourth-order valence-corrected chi connectivity index (χ4v) is 3.94. The van der Waals surface area contributed by atoms with E-state index in [1.165, 1.54) is 11.1 Å². The third kappa shape index (κ3) is 5.39. The van der Waals surface area contributed by atoms with E-state index in [9.17, 15) is 0 Å². The standard InChI is InChI=1S/C23H31FN2/c1-20(2)26-15-9-14-23(24,19-26)18-25(16-21-10-5-3-6-11-21)17-22-12-7-4-8-13-22/h3-8,10-13,20H,9,14-19H2,1-2H3. The fourth-order valence-electron chi connectivity index (χ4n) is 3.94. The highest BCUT2D eigenvalue weighted by Gasteiger charge is 2.37. The van der Waals surface area contributed by atoms with Crippen molar-refractivity contribution >= 4 is 0 Å². The largest absolute Gasteiger partial charge is 0.298 e. The number of hydrogen-bond acceptors (Lipinski definition) is 2. The van der Waals surface area contributed by atoms with Crippen LogP contribution in [0.2, 0.25) is 0 Å². The molecule has 3 rings (SSSR count). The van der Waals surface area contributed by atoms with E-state index in [2.05, 4.69) is 72.2 Å². The van der Waals surface area contributed by atoms with Gasteiger partial charge in [0.15, 0.2) is 0 Å². The van der Waals surface area contributed by atoms with Crippen LogP contribution in [0.15, 0.2) is 60.7 Å². The molecular formula is C23H31FN2. The van der Waals surface area contributed by atoms with Gasteiger partial charge in [-0.2, -0.15) is 0 Å². The Morgan fingerprint density at radius 2 is 1.50 bits per heavy atom. The van der Waals surface area contributed by atoms with E-state index in [1.807, 2.05) is 12.1 Å². The molecule has 0 bridgehead atoms. The number of likely N-dealkylation sites (tertiary alicyclic amines) is 1. The third-order valence-electron chi connectivity index (χ3n) is 5.29. The van der Waals surface area contributed by atoms with Crippen LogP contribution < -0.4 is 0 Å². The highest BCUT2D eigenvalue weighted by molar-refractivity contribution is 5.17. The molecular weight excluding hydrogens is 323 g/mol. The van der Waals surface area contributed by atoms with E-state index in [0.29, 0.717) is 25.6 Å². The van der Waals surface area contributed by atoms with Gasteiger partial charge in [-0.05, 0) is 44.4 Å². The zero-order chi connectivity index (χ0) is 18.4. The first-order chi connectivity index (χ1) is 12.5. The van der Waals surface area contributed by atoms with Gasteiger partial charge in [0.2, 0.25) is 0 Å². The van der Waals surface area contributed by atoms with E-state index in [4.69, 9.17) is 0 Å². The lowest BCUT2D eigenvalue weighted by molar-refractivity contribution is -0.00122. The summed E-state index contributed by atoms with van der Waals surface area (Å²) >= 11 is 0. The Bertz CT molecular complexity index is 617. The molecule has 0 aromatic heterocycles. The van der Waals surface area contributed by atoms with Crippen LogP contribution in [0.1, 0.15) is 37.8 Å². The number of rotatable bonds is 7. The van der Waals surface area contributed by atoms with Crippen LogP contribution in [-0.4, -0.2) is 41.1 Å². The first-order valence-corrected chi connectivity index (χ1v) is 9.77. The zero-order valence-corrected chi connectivity index (χ0v) is 16.1. The minimum Gasteiger partial charge on any atom is -0.298 e. The maximum atomic E-state index is 15.8. The Hall–Kier alpha value is -1.71. The Morgan fingerprint density at radius 3 is 2.00 bits per heavy atom. The van der Waals surface area contributed by atoms with E-state index in [-0.39, 0.29) is 0 Å². The first kappa shape index (κ1) is 19.1. The second kappa shape index (κ2) is 8.79. The van der Waals surface area contributed by atoms with Crippen LogP contribution in [0.25, 0.3) is 0 Å². The normalized spacial score (nSPS) is 21.4. The molecule has 140 valence electrons. The van der Waals surface area contributed by atoms with Gasteiger partial charge in [-0.3, -0.25) is 9.80 Å². The summed E-state index contributed by atoms with van der Waals surface area (Å²) in [6, 6.07) is 21.2. The average molecular weight is 355 g/mol. The van der Waals surface area contributed by atoms with Crippen molar-refractivity contribution in [2.24, 2.45) is 0 Å². The summed E-state index contributed by atoms with van der Waals surface area (Å²) in [5.41, 5.74) is 1.35. The SMILES string of the molecule is CC(C)N1CCCC(F)(CN(Cc2ccccc2)Cc2ccccc2)C1. The molecule has 2 aromatic carbocycles. The molecule has 3 heteroatoms. The Morgan fingerprint density at radius 1 is 0.962 bits per heavy atom. The smallest absolute Gasteiger partial charge is 0.136 e. The van der Waals surface area contributed by atoms with Gasteiger partial charge in [0, 0.05) is 32.2 Å². The van der Waals surface area contributed by atoms with E-state index in [0.717, 1.165) is 26.1 Å². The monoisotopic (exact) mass is 354 g/mol. The van der Waals surface area contributed by atoms with Crippen LogP contribution in [0.4, 0.5) is 4.39 Å². The van der Waals surface area contributed by atoms with Crippen LogP contribution in [0.3, 0.4) is 0 Å². The van der Waals surface area contributed by atoms with Crippen LogP contribution in [0.5, 0.6) is 0 Å². The number of benzene rings is 2. The molecule has 1 saturated heterocycles. The summed E-state index contributed by atoms with van der Waals surface area (Å²) in [6.45, 7) is 7.94. The summed E-state index contributed by atoms with van der Waals surface area (Å²) in [6.07, 6.45) is 1.61. The zero-order valence-electron chi connectivity index (χ0n) is 16.1. The van der Waals surface area contributed by atoms with Gasteiger partial charge in [0.25, 0.3) is 0 Å². The van der Waals surface area contributed by atoms with Crippen molar-refractivity contribution in [2.75, 3.05) is 19.6 Å². The minimum atomic E-state index is -1.13. The highest BCUT2D eigenvalue weighted by Crippen LogP contribution is 2.29. The fraction of sp³-hybridized carbons (Fsp3) is 0.478. The second-order valence-corrected chi connectivity index (χ2v) is 7.94. The molecule has 1 fully saturated rings. The van der Waals surface area contributed by atoms with Crippen molar-refractivity contribution in [3.8, 4) is 0 Å². The Labute approximate surface area is 157 Å². The van der Waals surface area contributed by atoms with Gasteiger partial charge in [0.1, 0.15) is 5.67 Å². The van der Waals surface area contributed by atoms with Gasteiger partial charge < -0.3 is 0 Å². The van der Waals surface area contributed by atoms with Gasteiger partial charge in [-0.25, -0.2) is 4.39 Å². The molecule has 1 heterocycles. The lowest BCUT2D eigenvalue weighted by Gasteiger charge is -2.42. The quantitative estimate of drug-likeness (QED) is 0.698. The summed E-state index contributed by atoms with van der Waals surface area (Å²) in [4.78, 5) is 4.56. The molecule has 0 N–H and O–H groups in total. The first-order valence-electron chi connectivity index (χ1n) is 9.77. The topological polar surface area (TPSA) is 6.48 Å². The molecule has 1 atom stereocenters. The molecule has 0 radical (unpaired) electrons. The van der Waals surface area contributed by atoms with Gasteiger partial charge in [-0.1, -0.05) is 60.7 Å². The molecule has 1 unspecified atom stereocenters. The van der Waals surface area contributed by atoms with Crippen molar-refractivity contribution in [1.29, 1.82) is 0 Å². The molecule has 1 aliphatic rings. The number of halogens is 1. The third-order valence-corrected chi connectivity index (χ3v) is 5.29. The Kier molecular flexibility index (Phi) is 6.44. The van der Waals surface area contributed by atoms with Crippen molar-refractivity contribution in [3.63, 3.8) is 0 Å². The molecule has 26 heavy (non-hydrogen) atoms. The van der Waals surface area contributed by atoms with Gasteiger partial charge in [-0.15, -0.1) is 0 Å². The number of piperidine rings is 1. The molecule has 0 amide bonds. The number of alkyl halides is 1. The highest BCUT2D eigenvalue weighted by atomic mass is 19.1. The number of hydrogen-bond donors (Lipinski definition) is 0. The molecule has 1 aliphatic heterocycles.